The lowest BCUT2D eigenvalue weighted by Crippen LogP contribution is -2.13. The molecule has 13 heavy (non-hydrogen) atoms. The molecule has 0 aliphatic heterocycles. The van der Waals surface area contributed by atoms with E-state index in [1.807, 2.05) is 0 Å². The summed E-state index contributed by atoms with van der Waals surface area (Å²) in [6, 6.07) is 2.74. The highest BCUT2D eigenvalue weighted by molar-refractivity contribution is 5.91. The Morgan fingerprint density at radius 2 is 2.15 bits per heavy atom. The zero-order valence-electron chi connectivity index (χ0n) is 6.52. The molecule has 1 heterocycles. The molecule has 1 aromatic heterocycles. The number of carbonyl (C=O) groups excluding carboxylic acids is 1. The number of nitrogens with zero attached hydrogens (tertiary/aromatic N) is 1. The van der Waals surface area contributed by atoms with Crippen LogP contribution in [-0.2, 0) is 0 Å². The van der Waals surface area contributed by atoms with E-state index >= 15 is 0 Å². The quantitative estimate of drug-likeness (QED) is 0.608. The number of nitrogens with two attached hydrogens (primary N) is 1. The van der Waals surface area contributed by atoms with Crippen molar-refractivity contribution in [1.29, 1.82) is 0 Å². The zero-order chi connectivity index (χ0) is 9.84. The number of amides is 2. The molecule has 1 aromatic rings. The molecule has 0 fully saturated rings. The lowest BCUT2D eigenvalue weighted by Gasteiger charge is -1.99. The molecule has 68 valence electrons. The molecule has 6 heteroatoms. The smallest absolute Gasteiger partial charge is 0.409 e. The van der Waals surface area contributed by atoms with Crippen LogP contribution in [0, 0.1) is 0 Å². The maximum atomic E-state index is 10.6. The first-order valence-electron chi connectivity index (χ1n) is 3.35. The summed E-state index contributed by atoms with van der Waals surface area (Å²) in [5.41, 5.74) is 5.31. The number of anilines is 1. The minimum absolute atomic E-state index is 0.0935. The van der Waals surface area contributed by atoms with Gasteiger partial charge in [0.15, 0.2) is 0 Å². The van der Waals surface area contributed by atoms with Crippen LogP contribution in [-0.4, -0.2) is 22.1 Å². The van der Waals surface area contributed by atoms with Crippen LogP contribution in [0.5, 0.6) is 0 Å². The second-order valence-electron chi connectivity index (χ2n) is 2.23. The molecule has 4 N–H and O–H groups in total. The first-order chi connectivity index (χ1) is 6.09. The fourth-order valence-electron chi connectivity index (χ4n) is 0.737. The number of hydrogen-bond acceptors (Lipinski definition) is 3. The first kappa shape index (κ1) is 8.98. The van der Waals surface area contributed by atoms with Gasteiger partial charge >= 0.3 is 6.09 Å². The Balaban J connectivity index is 2.81. The molecule has 0 saturated carbocycles. The fourth-order valence-corrected chi connectivity index (χ4v) is 0.737. The molecule has 0 aliphatic rings. The number of aromatic nitrogens is 1. The van der Waals surface area contributed by atoms with Crippen LogP contribution in [0.2, 0.25) is 0 Å². The Labute approximate surface area is 73.4 Å². The van der Waals surface area contributed by atoms with E-state index in [0.29, 0.717) is 0 Å². The van der Waals surface area contributed by atoms with E-state index in [4.69, 9.17) is 10.8 Å². The van der Waals surface area contributed by atoms with E-state index in [0.717, 1.165) is 0 Å². The number of pyridine rings is 1. The Morgan fingerprint density at radius 3 is 2.54 bits per heavy atom. The summed E-state index contributed by atoms with van der Waals surface area (Å²) >= 11 is 0. The summed E-state index contributed by atoms with van der Waals surface area (Å²) in [4.78, 5) is 24.3. The normalized spacial score (nSPS) is 9.23. The summed E-state index contributed by atoms with van der Waals surface area (Å²) < 4.78 is 0. The van der Waals surface area contributed by atoms with Crippen molar-refractivity contribution < 1.29 is 14.7 Å². The molecule has 6 nitrogen and oxygen atoms in total. The van der Waals surface area contributed by atoms with Gasteiger partial charge in [-0.1, -0.05) is 0 Å². The third-order valence-electron chi connectivity index (χ3n) is 1.27. The molecule has 0 unspecified atom stereocenters. The minimum atomic E-state index is -1.19. The Morgan fingerprint density at radius 1 is 1.46 bits per heavy atom. The third-order valence-corrected chi connectivity index (χ3v) is 1.27. The third kappa shape index (κ3) is 2.44. The van der Waals surface area contributed by atoms with Crippen LogP contribution in [0.1, 0.15) is 10.5 Å². The maximum Gasteiger partial charge on any atom is 0.409 e. The van der Waals surface area contributed by atoms with Gasteiger partial charge in [0, 0.05) is 0 Å². The summed E-state index contributed by atoms with van der Waals surface area (Å²) in [7, 11) is 0. The molecule has 0 saturated heterocycles. The molecule has 0 bridgehead atoms. The standard InChI is InChI=1S/C7H7N3O3/c8-6(11)5-2-1-4(3-9-5)10-7(12)13/h1-3,10H,(H2,8,11)(H,12,13). The predicted octanol–water partition coefficient (Wildman–Crippen LogP) is 0.270. The van der Waals surface area contributed by atoms with Crippen molar-refractivity contribution in [2.24, 2.45) is 5.73 Å². The number of carbonyl (C=O) groups is 2. The van der Waals surface area contributed by atoms with Gasteiger partial charge in [-0.25, -0.2) is 9.78 Å². The van der Waals surface area contributed by atoms with Crippen LogP contribution < -0.4 is 11.1 Å². The second kappa shape index (κ2) is 3.53. The van der Waals surface area contributed by atoms with Crippen molar-refractivity contribution in [2.45, 2.75) is 0 Å². The number of carboxylic acid groups (broad SMARTS) is 1. The Kier molecular flexibility index (Phi) is 2.44. The van der Waals surface area contributed by atoms with Gasteiger partial charge in [0.05, 0.1) is 11.9 Å². The predicted molar refractivity (Wildman–Crippen MR) is 44.4 cm³/mol. The lowest BCUT2D eigenvalue weighted by molar-refractivity contribution is 0.0995. The van der Waals surface area contributed by atoms with Gasteiger partial charge in [0.2, 0.25) is 0 Å². The van der Waals surface area contributed by atoms with Crippen molar-refractivity contribution in [3.05, 3.63) is 24.0 Å². The van der Waals surface area contributed by atoms with Gasteiger partial charge in [-0.15, -0.1) is 0 Å². The summed E-state index contributed by atoms with van der Waals surface area (Å²) in [6.07, 6.45) is 0.0300. The van der Waals surface area contributed by atoms with Gasteiger partial charge in [-0.2, -0.15) is 0 Å². The monoisotopic (exact) mass is 181 g/mol. The van der Waals surface area contributed by atoms with Crippen LogP contribution in [0.3, 0.4) is 0 Å². The molecule has 0 aromatic carbocycles. The van der Waals surface area contributed by atoms with Crippen molar-refractivity contribution in [3.63, 3.8) is 0 Å². The molecule has 0 atom stereocenters. The highest BCUT2D eigenvalue weighted by Crippen LogP contribution is 2.04. The summed E-state index contributed by atoms with van der Waals surface area (Å²) in [5, 5.41) is 10.4. The van der Waals surface area contributed by atoms with E-state index in [9.17, 15) is 9.59 Å². The van der Waals surface area contributed by atoms with Crippen molar-refractivity contribution in [3.8, 4) is 0 Å². The number of primary amides is 1. The molecule has 2 amide bonds. The van der Waals surface area contributed by atoms with Gasteiger partial charge in [-0.3, -0.25) is 10.1 Å². The van der Waals surface area contributed by atoms with Gasteiger partial charge in [0.25, 0.3) is 5.91 Å². The van der Waals surface area contributed by atoms with Gasteiger partial charge < -0.3 is 10.8 Å². The van der Waals surface area contributed by atoms with Gasteiger partial charge in [-0.05, 0) is 12.1 Å². The fraction of sp³-hybridized carbons (Fsp3) is 0. The number of hydrogen-bond donors (Lipinski definition) is 3. The number of nitrogens with one attached hydrogen (secondary N) is 1. The van der Waals surface area contributed by atoms with Gasteiger partial charge in [0.1, 0.15) is 5.69 Å². The van der Waals surface area contributed by atoms with Crippen LogP contribution in [0.4, 0.5) is 10.5 Å². The van der Waals surface area contributed by atoms with E-state index in [-0.39, 0.29) is 11.4 Å². The average molecular weight is 181 g/mol. The van der Waals surface area contributed by atoms with Crippen LogP contribution in [0.25, 0.3) is 0 Å². The molecular weight excluding hydrogens is 174 g/mol. The number of rotatable bonds is 2. The highest BCUT2D eigenvalue weighted by atomic mass is 16.4. The van der Waals surface area contributed by atoms with E-state index < -0.39 is 12.0 Å². The molecular formula is C7H7N3O3. The summed E-state index contributed by atoms with van der Waals surface area (Å²) in [5.74, 6) is -0.651. The molecule has 0 spiro atoms. The van der Waals surface area contributed by atoms with E-state index in [1.54, 1.807) is 0 Å². The molecule has 0 aliphatic carbocycles. The van der Waals surface area contributed by atoms with Crippen molar-refractivity contribution in [2.75, 3.05) is 5.32 Å². The summed E-state index contributed by atoms with van der Waals surface area (Å²) in [6.45, 7) is 0. The molecule has 0 radical (unpaired) electrons. The maximum absolute atomic E-state index is 10.6. The van der Waals surface area contributed by atoms with Crippen LogP contribution >= 0.6 is 0 Å². The Bertz CT molecular complexity index is 333. The van der Waals surface area contributed by atoms with E-state index in [2.05, 4.69) is 10.3 Å². The Hall–Kier alpha value is -2.11. The van der Waals surface area contributed by atoms with Crippen molar-refractivity contribution in [1.82, 2.24) is 4.98 Å². The highest BCUT2D eigenvalue weighted by Gasteiger charge is 2.02. The molecule has 1 rings (SSSR count). The lowest BCUT2D eigenvalue weighted by atomic mass is 10.3. The average Bonchev–Trinajstić information content (AvgIpc) is 2.04. The largest absolute Gasteiger partial charge is 0.465 e. The second-order valence-corrected chi connectivity index (χ2v) is 2.23. The zero-order valence-corrected chi connectivity index (χ0v) is 6.52. The van der Waals surface area contributed by atoms with Crippen molar-refractivity contribution >= 4 is 17.7 Å². The minimum Gasteiger partial charge on any atom is -0.465 e. The SMILES string of the molecule is NC(=O)c1ccc(NC(=O)O)cn1. The first-order valence-corrected chi connectivity index (χ1v) is 3.35. The topological polar surface area (TPSA) is 105 Å². The van der Waals surface area contributed by atoms with E-state index in [1.165, 1.54) is 18.3 Å². The van der Waals surface area contributed by atoms with Crippen LogP contribution in [0.15, 0.2) is 18.3 Å².